The maximum atomic E-state index is 5.85. The Bertz CT molecular complexity index is 2610. The molecule has 0 saturated heterocycles. The molecular formula is C49H28O4. The van der Waals surface area contributed by atoms with Crippen LogP contribution >= 0.6 is 0 Å². The SMILES string of the molecule is C#CC#CC#CC#CC#COc1cccc(-c2cc(/C=C/c3ccc(C)cc3-c3ccc(OC#CC#C)c(OC#CC#C)c3)c(OC)cc2/C=C/C)c1. The van der Waals surface area contributed by atoms with E-state index in [4.69, 9.17) is 38.2 Å². The van der Waals surface area contributed by atoms with Crippen molar-refractivity contribution in [1.82, 2.24) is 0 Å². The molecule has 4 aromatic carbocycles. The van der Waals surface area contributed by atoms with Gasteiger partial charge in [0.2, 0.25) is 0 Å². The van der Waals surface area contributed by atoms with Gasteiger partial charge in [0.1, 0.15) is 29.8 Å². The van der Waals surface area contributed by atoms with Crippen molar-refractivity contribution in [2.75, 3.05) is 7.11 Å². The Morgan fingerprint density at radius 2 is 1.15 bits per heavy atom. The summed E-state index contributed by atoms with van der Waals surface area (Å²) < 4.78 is 22.6. The predicted molar refractivity (Wildman–Crippen MR) is 214 cm³/mol. The molecule has 0 amide bonds. The first-order chi connectivity index (χ1) is 26.0. The van der Waals surface area contributed by atoms with Crippen LogP contribution in [0.1, 0.15) is 29.2 Å². The van der Waals surface area contributed by atoms with Crippen LogP contribution in [-0.4, -0.2) is 7.11 Å². The zero-order valence-corrected chi connectivity index (χ0v) is 29.1. The molecule has 4 nitrogen and oxygen atoms in total. The van der Waals surface area contributed by atoms with Crippen molar-refractivity contribution in [3.63, 3.8) is 0 Å². The highest BCUT2D eigenvalue weighted by molar-refractivity contribution is 5.86. The molecule has 0 heterocycles. The van der Waals surface area contributed by atoms with Crippen LogP contribution < -0.4 is 18.9 Å². The third-order valence-corrected chi connectivity index (χ3v) is 7.03. The topological polar surface area (TPSA) is 36.9 Å². The first-order valence-corrected chi connectivity index (χ1v) is 15.8. The lowest BCUT2D eigenvalue weighted by atomic mass is 9.94. The van der Waals surface area contributed by atoms with E-state index in [2.05, 4.69) is 108 Å². The van der Waals surface area contributed by atoms with Gasteiger partial charge in [0, 0.05) is 41.1 Å². The average Bonchev–Trinajstić information content (AvgIpc) is 3.17. The molecule has 0 aliphatic carbocycles. The Kier molecular flexibility index (Phi) is 14.3. The molecular weight excluding hydrogens is 653 g/mol. The molecule has 4 aromatic rings. The van der Waals surface area contributed by atoms with Gasteiger partial charge < -0.3 is 18.9 Å². The van der Waals surface area contributed by atoms with E-state index in [9.17, 15) is 0 Å². The van der Waals surface area contributed by atoms with Crippen molar-refractivity contribution in [2.24, 2.45) is 0 Å². The van der Waals surface area contributed by atoms with E-state index < -0.39 is 0 Å². The number of hydrogen-bond acceptors (Lipinski definition) is 4. The normalized spacial score (nSPS) is 9.06. The second-order valence-electron chi connectivity index (χ2n) is 10.5. The number of terminal acetylenes is 3. The molecule has 0 fully saturated rings. The summed E-state index contributed by atoms with van der Waals surface area (Å²) in [5.41, 5.74) is 7.53. The van der Waals surface area contributed by atoms with Gasteiger partial charge in [-0.2, -0.15) is 0 Å². The second kappa shape index (κ2) is 20.2. The van der Waals surface area contributed by atoms with Crippen LogP contribution in [0, 0.1) is 116 Å². The van der Waals surface area contributed by atoms with E-state index in [1.807, 2.05) is 86.7 Å². The molecule has 53 heavy (non-hydrogen) atoms. The fraction of sp³-hybridized carbons (Fsp3) is 0.0612. The highest BCUT2D eigenvalue weighted by Crippen LogP contribution is 2.37. The van der Waals surface area contributed by atoms with E-state index in [0.29, 0.717) is 23.0 Å². The molecule has 0 radical (unpaired) electrons. The molecule has 0 unspecified atom stereocenters. The number of hydrogen-bond donors (Lipinski definition) is 0. The summed E-state index contributed by atoms with van der Waals surface area (Å²) >= 11 is 0. The third-order valence-electron chi connectivity index (χ3n) is 7.03. The Labute approximate surface area is 312 Å². The molecule has 0 aromatic heterocycles. The minimum absolute atomic E-state index is 0.334. The minimum atomic E-state index is 0.334. The van der Waals surface area contributed by atoms with Crippen molar-refractivity contribution in [1.29, 1.82) is 0 Å². The first-order valence-electron chi connectivity index (χ1n) is 15.8. The second-order valence-corrected chi connectivity index (χ2v) is 10.5. The fourth-order valence-electron chi connectivity index (χ4n) is 4.82. The van der Waals surface area contributed by atoms with Crippen LogP contribution in [0.2, 0.25) is 0 Å². The smallest absolute Gasteiger partial charge is 0.184 e. The number of benzene rings is 4. The van der Waals surface area contributed by atoms with Crippen molar-refractivity contribution < 1.29 is 18.9 Å². The van der Waals surface area contributed by atoms with Crippen LogP contribution in [0.25, 0.3) is 40.5 Å². The molecule has 248 valence electrons. The van der Waals surface area contributed by atoms with Gasteiger partial charge in [0.05, 0.1) is 7.11 Å². The molecule has 4 heteroatoms. The third kappa shape index (κ3) is 11.1. The summed E-state index contributed by atoms with van der Waals surface area (Å²) in [6.45, 7) is 3.99. The van der Waals surface area contributed by atoms with Crippen LogP contribution in [-0.2, 0) is 0 Å². The zero-order chi connectivity index (χ0) is 37.7. The van der Waals surface area contributed by atoms with Crippen LogP contribution in [0.5, 0.6) is 23.0 Å². The van der Waals surface area contributed by atoms with E-state index in [1.165, 1.54) is 0 Å². The minimum Gasteiger partial charge on any atom is -0.496 e. The largest absolute Gasteiger partial charge is 0.496 e. The van der Waals surface area contributed by atoms with Gasteiger partial charge in [-0.25, -0.2) is 0 Å². The molecule has 0 spiro atoms. The van der Waals surface area contributed by atoms with E-state index in [1.54, 1.807) is 13.2 Å². The van der Waals surface area contributed by atoms with Crippen LogP contribution in [0.15, 0.2) is 78.9 Å². The Hall–Kier alpha value is -8.40. The lowest BCUT2D eigenvalue weighted by Crippen LogP contribution is -1.93. The summed E-state index contributed by atoms with van der Waals surface area (Å²) in [4.78, 5) is 0. The fourth-order valence-corrected chi connectivity index (χ4v) is 4.82. The summed E-state index contributed by atoms with van der Waals surface area (Å²) in [7, 11) is 1.65. The van der Waals surface area contributed by atoms with E-state index >= 15 is 0 Å². The lowest BCUT2D eigenvalue weighted by molar-refractivity contribution is 0.414. The number of allylic oxidation sites excluding steroid dienone is 1. The van der Waals surface area contributed by atoms with Gasteiger partial charge >= 0.3 is 0 Å². The molecule has 0 aliphatic rings. The van der Waals surface area contributed by atoms with Crippen molar-refractivity contribution in [3.05, 3.63) is 101 Å². The van der Waals surface area contributed by atoms with Crippen molar-refractivity contribution >= 4 is 18.2 Å². The van der Waals surface area contributed by atoms with Crippen LogP contribution in [0.4, 0.5) is 0 Å². The Balaban J connectivity index is 1.73. The summed E-state index contributed by atoms with van der Waals surface area (Å²) in [5, 5.41) is 0. The maximum absolute atomic E-state index is 5.85. The van der Waals surface area contributed by atoms with Gasteiger partial charge in [-0.05, 0) is 119 Å². The van der Waals surface area contributed by atoms with E-state index in [-0.39, 0.29) is 0 Å². The average molecular weight is 681 g/mol. The zero-order valence-electron chi connectivity index (χ0n) is 29.1. The highest BCUT2D eigenvalue weighted by Gasteiger charge is 2.13. The van der Waals surface area contributed by atoms with Gasteiger partial charge in [-0.15, -0.1) is 19.3 Å². The van der Waals surface area contributed by atoms with Gasteiger partial charge in [-0.3, -0.25) is 0 Å². The molecule has 0 atom stereocenters. The Morgan fingerprint density at radius 1 is 0.509 bits per heavy atom. The number of ether oxygens (including phenoxy) is 4. The quantitative estimate of drug-likeness (QED) is 0.131. The Morgan fingerprint density at radius 3 is 1.87 bits per heavy atom. The number of rotatable bonds is 9. The van der Waals surface area contributed by atoms with Gasteiger partial charge in [-0.1, -0.05) is 66.3 Å². The molecule has 0 saturated carbocycles. The van der Waals surface area contributed by atoms with Crippen molar-refractivity contribution in [2.45, 2.75) is 13.8 Å². The number of aryl methyl sites for hydroxylation is 1. The number of methoxy groups -OCH3 is 1. The molecule has 0 N–H and O–H groups in total. The lowest BCUT2D eigenvalue weighted by Gasteiger charge is -2.14. The maximum Gasteiger partial charge on any atom is 0.184 e. The molecule has 0 aliphatic heterocycles. The van der Waals surface area contributed by atoms with Gasteiger partial charge in [0.15, 0.2) is 11.5 Å². The summed E-state index contributed by atoms with van der Waals surface area (Å²) in [6, 6.07) is 23.4. The predicted octanol–water partition coefficient (Wildman–Crippen LogP) is 8.47. The highest BCUT2D eigenvalue weighted by atomic mass is 16.5. The first kappa shape index (κ1) is 37.4. The molecule has 0 bridgehead atoms. The van der Waals surface area contributed by atoms with Crippen molar-refractivity contribution in [3.8, 4) is 154 Å². The molecule has 4 rings (SSSR count). The van der Waals surface area contributed by atoms with Crippen LogP contribution in [0.3, 0.4) is 0 Å². The standard InChI is InChI=1S/C49H28O4/c1-7-11-14-15-16-17-18-19-32-51-44-23-20-22-41(34-44)46-35-43(48(50-6)36-40(46)21-10-4)27-26-39-25-24-38(5)33-45(39)42-28-29-47(52-30-12-8-2)49(37-42)53-31-13-9-3/h1-3,10,20-29,33-37H,4-6H3/b21-10+,27-26+. The van der Waals surface area contributed by atoms with E-state index in [0.717, 1.165) is 44.5 Å². The van der Waals surface area contributed by atoms with Gasteiger partial charge in [0.25, 0.3) is 0 Å². The summed E-state index contributed by atoms with van der Waals surface area (Å²) in [5.74, 6) is 31.2. The summed E-state index contributed by atoms with van der Waals surface area (Å²) in [6.07, 6.45) is 31.2. The monoisotopic (exact) mass is 680 g/mol.